The molecule has 0 aliphatic heterocycles. The standard InChI is InChI=1S/C28H23N3O6S/c1-5-28(3,25(32)36-24-16(2)35-27(33)37-24)38-26-30-21-14-18(34-4)11-13-23(21)31(26)22-12-10-17(15-29)19-8-6-7-9-20(19)22/h6-14H,5H2,1-4H3. The molecule has 0 spiro atoms. The molecule has 38 heavy (non-hydrogen) atoms. The summed E-state index contributed by atoms with van der Waals surface area (Å²) in [7, 11) is 1.59. The fraction of sp³-hybridized carbons (Fsp3) is 0.214. The number of esters is 1. The zero-order valence-electron chi connectivity index (χ0n) is 21.1. The molecular formula is C28H23N3O6S. The monoisotopic (exact) mass is 529 g/mol. The summed E-state index contributed by atoms with van der Waals surface area (Å²) in [5, 5.41) is 11.9. The molecule has 9 nitrogen and oxygen atoms in total. The number of hydrogen-bond acceptors (Lipinski definition) is 9. The van der Waals surface area contributed by atoms with Crippen molar-refractivity contribution >= 4 is 39.5 Å². The largest absolute Gasteiger partial charge is 0.521 e. The van der Waals surface area contributed by atoms with Gasteiger partial charge in [-0.25, -0.2) is 9.78 Å². The Balaban J connectivity index is 1.67. The number of nitriles is 1. The van der Waals surface area contributed by atoms with Gasteiger partial charge >= 0.3 is 17.7 Å². The van der Waals surface area contributed by atoms with Crippen LogP contribution in [0, 0.1) is 18.3 Å². The van der Waals surface area contributed by atoms with Gasteiger partial charge in [-0.05, 0) is 37.6 Å². The molecule has 0 saturated heterocycles. The number of carbonyl (C=O) groups is 1. The minimum absolute atomic E-state index is 0.0789. The molecule has 5 rings (SSSR count). The quantitative estimate of drug-likeness (QED) is 0.191. The molecule has 2 aromatic heterocycles. The number of ether oxygens (including phenoxy) is 2. The van der Waals surface area contributed by atoms with Crippen LogP contribution in [0.5, 0.6) is 11.7 Å². The lowest BCUT2D eigenvalue weighted by molar-refractivity contribution is -0.138. The number of aryl methyl sites for hydroxylation is 1. The minimum atomic E-state index is -1.10. The highest BCUT2D eigenvalue weighted by Crippen LogP contribution is 2.41. The maximum absolute atomic E-state index is 13.4. The number of hydrogen-bond donors (Lipinski definition) is 0. The van der Waals surface area contributed by atoms with Gasteiger partial charge < -0.3 is 18.3 Å². The van der Waals surface area contributed by atoms with Gasteiger partial charge in [0.25, 0.3) is 0 Å². The van der Waals surface area contributed by atoms with E-state index in [2.05, 4.69) is 6.07 Å². The van der Waals surface area contributed by atoms with E-state index < -0.39 is 16.5 Å². The maximum Gasteiger partial charge on any atom is 0.521 e. The van der Waals surface area contributed by atoms with E-state index in [1.54, 1.807) is 20.1 Å². The van der Waals surface area contributed by atoms with Crippen LogP contribution in [0.2, 0.25) is 0 Å². The smallest absolute Gasteiger partial charge is 0.497 e. The zero-order valence-corrected chi connectivity index (χ0v) is 21.9. The minimum Gasteiger partial charge on any atom is -0.497 e. The second-order valence-electron chi connectivity index (χ2n) is 8.75. The van der Waals surface area contributed by atoms with Crippen molar-refractivity contribution in [3.8, 4) is 23.5 Å². The third kappa shape index (κ3) is 4.31. The van der Waals surface area contributed by atoms with Gasteiger partial charge in [0.1, 0.15) is 10.5 Å². The van der Waals surface area contributed by atoms with Crippen LogP contribution in [0.15, 0.2) is 73.4 Å². The van der Waals surface area contributed by atoms with Crippen LogP contribution in [0.1, 0.15) is 31.6 Å². The van der Waals surface area contributed by atoms with Gasteiger partial charge in [0.15, 0.2) is 10.9 Å². The third-order valence-electron chi connectivity index (χ3n) is 6.40. The molecule has 1 unspecified atom stereocenters. The first-order valence-electron chi connectivity index (χ1n) is 11.8. The third-order valence-corrected chi connectivity index (χ3v) is 7.76. The molecule has 5 aromatic rings. The zero-order chi connectivity index (χ0) is 27.0. The number of thioether (sulfide) groups is 1. The lowest BCUT2D eigenvalue weighted by Crippen LogP contribution is -2.35. The van der Waals surface area contributed by atoms with E-state index in [9.17, 15) is 14.9 Å². The van der Waals surface area contributed by atoms with Crippen LogP contribution in [-0.4, -0.2) is 27.4 Å². The second-order valence-corrected chi connectivity index (χ2v) is 10.2. The molecule has 0 N–H and O–H groups in total. The van der Waals surface area contributed by atoms with Gasteiger partial charge in [-0.1, -0.05) is 43.0 Å². The number of aromatic nitrogens is 2. The van der Waals surface area contributed by atoms with Crippen LogP contribution in [-0.2, 0) is 4.79 Å². The summed E-state index contributed by atoms with van der Waals surface area (Å²) in [5.41, 5.74) is 2.83. The Hall–Kier alpha value is -4.49. The Kier molecular flexibility index (Phi) is 6.46. The SMILES string of the molecule is CCC(C)(Sc1nc2cc(OC)ccc2n1-c1ccc(C#N)c2ccccc12)C(=O)Oc1oc(=O)oc1C. The van der Waals surface area contributed by atoms with E-state index in [-0.39, 0.29) is 11.7 Å². The Morgan fingerprint density at radius 2 is 1.92 bits per heavy atom. The first-order valence-corrected chi connectivity index (χ1v) is 12.6. The van der Waals surface area contributed by atoms with E-state index in [4.69, 9.17) is 23.3 Å². The van der Waals surface area contributed by atoms with Gasteiger partial charge in [0.05, 0.1) is 35.5 Å². The number of imidazole rings is 1. The molecule has 1 atom stereocenters. The van der Waals surface area contributed by atoms with Crippen LogP contribution in [0.4, 0.5) is 0 Å². The predicted molar refractivity (Wildman–Crippen MR) is 142 cm³/mol. The summed E-state index contributed by atoms with van der Waals surface area (Å²) in [6.07, 6.45) is 0.387. The van der Waals surface area contributed by atoms with Crippen molar-refractivity contribution in [3.05, 3.63) is 76.5 Å². The van der Waals surface area contributed by atoms with Crippen molar-refractivity contribution in [2.24, 2.45) is 0 Å². The molecule has 2 heterocycles. The molecule has 0 fully saturated rings. The summed E-state index contributed by atoms with van der Waals surface area (Å²) in [6, 6.07) is 19.1. The normalized spacial score (nSPS) is 12.8. The summed E-state index contributed by atoms with van der Waals surface area (Å²) >= 11 is 1.23. The second kappa shape index (κ2) is 9.76. The summed E-state index contributed by atoms with van der Waals surface area (Å²) in [6.45, 7) is 5.08. The maximum atomic E-state index is 13.4. The number of carbonyl (C=O) groups excluding carboxylic acids is 1. The summed E-state index contributed by atoms with van der Waals surface area (Å²) < 4.78 is 21.4. The molecule has 0 aliphatic rings. The molecular weight excluding hydrogens is 506 g/mol. The number of nitrogens with zero attached hydrogens (tertiary/aromatic N) is 3. The number of fused-ring (bicyclic) bond motifs is 2. The number of benzene rings is 3. The average Bonchev–Trinajstić information content (AvgIpc) is 3.44. The highest BCUT2D eigenvalue weighted by Gasteiger charge is 2.38. The van der Waals surface area contributed by atoms with Crippen LogP contribution in [0.3, 0.4) is 0 Å². The van der Waals surface area contributed by atoms with Crippen molar-refractivity contribution in [2.45, 2.75) is 37.1 Å². The molecule has 0 bridgehead atoms. The molecule has 3 aromatic carbocycles. The highest BCUT2D eigenvalue weighted by atomic mass is 32.2. The van der Waals surface area contributed by atoms with E-state index >= 15 is 0 Å². The van der Waals surface area contributed by atoms with Gasteiger partial charge in [-0.15, -0.1) is 0 Å². The van der Waals surface area contributed by atoms with Crippen molar-refractivity contribution < 1.29 is 23.1 Å². The average molecular weight is 530 g/mol. The van der Waals surface area contributed by atoms with E-state index in [1.807, 2.05) is 60.0 Å². The Labute approximate surface area is 221 Å². The lowest BCUT2D eigenvalue weighted by Gasteiger charge is -2.24. The van der Waals surface area contributed by atoms with Crippen molar-refractivity contribution in [2.75, 3.05) is 7.11 Å². The van der Waals surface area contributed by atoms with Crippen LogP contribution >= 0.6 is 11.8 Å². The highest BCUT2D eigenvalue weighted by molar-refractivity contribution is 8.01. The molecule has 10 heteroatoms. The topological polar surface area (TPSA) is 120 Å². The first-order chi connectivity index (χ1) is 18.3. The summed E-state index contributed by atoms with van der Waals surface area (Å²) in [5.74, 6) is -1.10. The fourth-order valence-electron chi connectivity index (χ4n) is 4.12. The van der Waals surface area contributed by atoms with Crippen molar-refractivity contribution in [1.82, 2.24) is 9.55 Å². The van der Waals surface area contributed by atoms with Gasteiger partial charge in [0.2, 0.25) is 0 Å². The first kappa shape index (κ1) is 25.2. The molecule has 0 amide bonds. The van der Waals surface area contributed by atoms with E-state index in [1.165, 1.54) is 18.7 Å². The van der Waals surface area contributed by atoms with E-state index in [0.717, 1.165) is 22.0 Å². The Morgan fingerprint density at radius 3 is 2.58 bits per heavy atom. The van der Waals surface area contributed by atoms with Gasteiger partial charge in [0, 0.05) is 23.8 Å². The van der Waals surface area contributed by atoms with Crippen molar-refractivity contribution in [3.63, 3.8) is 0 Å². The summed E-state index contributed by atoms with van der Waals surface area (Å²) in [4.78, 5) is 29.7. The molecule has 0 radical (unpaired) electrons. The van der Waals surface area contributed by atoms with Gasteiger partial charge in [-0.3, -0.25) is 9.36 Å². The predicted octanol–water partition coefficient (Wildman–Crippen LogP) is 5.78. The molecule has 192 valence electrons. The van der Waals surface area contributed by atoms with E-state index in [0.29, 0.717) is 28.4 Å². The van der Waals surface area contributed by atoms with Crippen molar-refractivity contribution in [1.29, 1.82) is 5.26 Å². The van der Waals surface area contributed by atoms with Crippen LogP contribution < -0.4 is 15.3 Å². The number of methoxy groups -OCH3 is 1. The molecule has 0 saturated carbocycles. The number of rotatable bonds is 7. The molecule has 0 aliphatic carbocycles. The Morgan fingerprint density at radius 1 is 1.16 bits per heavy atom. The van der Waals surface area contributed by atoms with Gasteiger partial charge in [-0.2, -0.15) is 5.26 Å². The van der Waals surface area contributed by atoms with Crippen LogP contribution in [0.25, 0.3) is 27.5 Å². The fourth-order valence-corrected chi connectivity index (χ4v) is 5.23. The lowest BCUT2D eigenvalue weighted by atomic mass is 10.0. The Bertz CT molecular complexity index is 1790.